The molecule has 0 bridgehead atoms. The molecule has 0 atom stereocenters. The molecule has 0 aliphatic rings. The van der Waals surface area contributed by atoms with Crippen LogP contribution in [0.5, 0.6) is 5.75 Å². The van der Waals surface area contributed by atoms with Gasteiger partial charge in [0.2, 0.25) is 0 Å². The molecule has 0 fully saturated rings. The standard InChI is InChI=1S/C15H14ClN3OS/c16-11-9-13-14(17-10-11)19(15(21)18-13)7-4-8-20-12-5-2-1-3-6-12/h1-3,5-6,9-10H,4,7-8H2,(H,18,21). The Balaban J connectivity index is 1.66. The lowest BCUT2D eigenvalue weighted by Gasteiger charge is -2.07. The zero-order chi connectivity index (χ0) is 14.7. The summed E-state index contributed by atoms with van der Waals surface area (Å²) in [5.74, 6) is 0.880. The van der Waals surface area contributed by atoms with E-state index in [9.17, 15) is 0 Å². The maximum atomic E-state index is 5.93. The largest absolute Gasteiger partial charge is 0.494 e. The van der Waals surface area contributed by atoms with Crippen molar-refractivity contribution in [2.24, 2.45) is 0 Å². The average Bonchev–Trinajstić information content (AvgIpc) is 2.79. The van der Waals surface area contributed by atoms with Gasteiger partial charge in [-0.05, 0) is 36.8 Å². The number of halogens is 1. The molecule has 2 aromatic heterocycles. The number of aromatic nitrogens is 3. The maximum absolute atomic E-state index is 5.93. The van der Waals surface area contributed by atoms with Gasteiger partial charge in [0.15, 0.2) is 10.4 Å². The van der Waals surface area contributed by atoms with Crippen LogP contribution in [0.25, 0.3) is 11.2 Å². The molecule has 0 amide bonds. The number of fused-ring (bicyclic) bond motifs is 1. The van der Waals surface area contributed by atoms with Crippen molar-refractivity contribution >= 4 is 35.0 Å². The molecule has 4 nitrogen and oxygen atoms in total. The number of aromatic amines is 1. The van der Waals surface area contributed by atoms with Crippen LogP contribution in [0.4, 0.5) is 0 Å². The smallest absolute Gasteiger partial charge is 0.179 e. The molecule has 0 aliphatic carbocycles. The zero-order valence-corrected chi connectivity index (χ0v) is 12.8. The SMILES string of the molecule is S=c1[nH]c2cc(Cl)cnc2n1CCCOc1ccccc1. The van der Waals surface area contributed by atoms with Crippen LogP contribution in [0.3, 0.4) is 0 Å². The van der Waals surface area contributed by atoms with Crippen molar-refractivity contribution in [3.8, 4) is 5.75 Å². The Labute approximate surface area is 132 Å². The van der Waals surface area contributed by atoms with E-state index in [1.165, 1.54) is 0 Å². The molecule has 6 heteroatoms. The molecule has 0 spiro atoms. The normalized spacial score (nSPS) is 10.9. The Hall–Kier alpha value is -1.85. The maximum Gasteiger partial charge on any atom is 0.179 e. The minimum absolute atomic E-state index is 0.596. The molecule has 0 saturated heterocycles. The summed E-state index contributed by atoms with van der Waals surface area (Å²) >= 11 is 11.3. The predicted octanol–water partition coefficient (Wildman–Crippen LogP) is 4.22. The highest BCUT2D eigenvalue weighted by atomic mass is 35.5. The van der Waals surface area contributed by atoms with Crippen molar-refractivity contribution in [2.45, 2.75) is 13.0 Å². The Morgan fingerprint density at radius 1 is 1.29 bits per heavy atom. The third-order valence-electron chi connectivity index (χ3n) is 3.11. The van der Waals surface area contributed by atoms with Crippen LogP contribution in [0, 0.1) is 4.77 Å². The van der Waals surface area contributed by atoms with Crippen molar-refractivity contribution in [3.63, 3.8) is 0 Å². The molecule has 1 aromatic carbocycles. The second-order valence-electron chi connectivity index (χ2n) is 4.62. The number of rotatable bonds is 5. The molecule has 0 saturated carbocycles. The highest BCUT2D eigenvalue weighted by Gasteiger charge is 2.06. The Bertz CT molecular complexity index is 798. The lowest BCUT2D eigenvalue weighted by Crippen LogP contribution is -2.05. The van der Waals surface area contributed by atoms with Gasteiger partial charge in [-0.3, -0.25) is 0 Å². The van der Waals surface area contributed by atoms with Gasteiger partial charge in [-0.15, -0.1) is 0 Å². The van der Waals surface area contributed by atoms with Crippen LogP contribution in [-0.4, -0.2) is 21.1 Å². The number of pyridine rings is 1. The summed E-state index contributed by atoms with van der Waals surface area (Å²) in [6.07, 6.45) is 2.48. The van der Waals surface area contributed by atoms with Gasteiger partial charge >= 0.3 is 0 Å². The molecular formula is C15H14ClN3OS. The summed E-state index contributed by atoms with van der Waals surface area (Å²) in [4.78, 5) is 7.45. The Morgan fingerprint density at radius 3 is 2.90 bits per heavy atom. The fourth-order valence-electron chi connectivity index (χ4n) is 2.15. The van der Waals surface area contributed by atoms with Gasteiger partial charge in [0.05, 0.1) is 17.1 Å². The monoisotopic (exact) mass is 319 g/mol. The summed E-state index contributed by atoms with van der Waals surface area (Å²) in [5, 5.41) is 0.596. The van der Waals surface area contributed by atoms with Crippen LogP contribution >= 0.6 is 23.8 Å². The number of aryl methyl sites for hydroxylation is 1. The van der Waals surface area contributed by atoms with Gasteiger partial charge in [-0.1, -0.05) is 29.8 Å². The zero-order valence-electron chi connectivity index (χ0n) is 11.3. The molecular weight excluding hydrogens is 306 g/mol. The van der Waals surface area contributed by atoms with E-state index in [2.05, 4.69) is 9.97 Å². The second-order valence-corrected chi connectivity index (χ2v) is 5.44. The first kappa shape index (κ1) is 14.1. The van der Waals surface area contributed by atoms with Crippen LogP contribution in [0.2, 0.25) is 5.02 Å². The van der Waals surface area contributed by atoms with E-state index in [1.54, 1.807) is 6.20 Å². The second kappa shape index (κ2) is 6.28. The molecule has 2 heterocycles. The van der Waals surface area contributed by atoms with Crippen molar-refractivity contribution in [2.75, 3.05) is 6.61 Å². The topological polar surface area (TPSA) is 42.8 Å². The summed E-state index contributed by atoms with van der Waals surface area (Å²) in [5.41, 5.74) is 1.68. The molecule has 3 rings (SSSR count). The van der Waals surface area contributed by atoms with E-state index in [1.807, 2.05) is 41.0 Å². The van der Waals surface area contributed by atoms with Gasteiger partial charge in [-0.25, -0.2) is 4.98 Å². The highest BCUT2D eigenvalue weighted by Crippen LogP contribution is 2.17. The number of hydrogen-bond acceptors (Lipinski definition) is 3. The third-order valence-corrected chi connectivity index (χ3v) is 3.64. The fraction of sp³-hybridized carbons (Fsp3) is 0.200. The summed E-state index contributed by atoms with van der Waals surface area (Å²) in [6, 6.07) is 11.6. The number of hydrogen-bond donors (Lipinski definition) is 1. The quantitative estimate of drug-likeness (QED) is 0.565. The molecule has 3 aromatic rings. The molecule has 1 N–H and O–H groups in total. The van der Waals surface area contributed by atoms with E-state index in [0.717, 1.165) is 29.9 Å². The number of H-pyrrole nitrogens is 1. The Kier molecular flexibility index (Phi) is 4.22. The summed E-state index contributed by atoms with van der Waals surface area (Å²) < 4.78 is 8.30. The van der Waals surface area contributed by atoms with Crippen LogP contribution in [0.1, 0.15) is 6.42 Å². The first-order valence-electron chi connectivity index (χ1n) is 6.66. The van der Waals surface area contributed by atoms with E-state index in [4.69, 9.17) is 28.6 Å². The summed E-state index contributed by atoms with van der Waals surface area (Å²) in [7, 11) is 0. The van der Waals surface area contributed by atoms with Gasteiger partial charge < -0.3 is 14.3 Å². The minimum Gasteiger partial charge on any atom is -0.494 e. The van der Waals surface area contributed by atoms with Crippen LogP contribution in [0.15, 0.2) is 42.6 Å². The van der Waals surface area contributed by atoms with Gasteiger partial charge in [0.1, 0.15) is 5.75 Å². The molecule has 0 aliphatic heterocycles. The number of benzene rings is 1. The Morgan fingerprint density at radius 2 is 2.10 bits per heavy atom. The molecule has 0 unspecified atom stereocenters. The van der Waals surface area contributed by atoms with Gasteiger partial charge in [0.25, 0.3) is 0 Å². The average molecular weight is 320 g/mol. The number of nitrogens with zero attached hydrogens (tertiary/aromatic N) is 2. The van der Waals surface area contributed by atoms with Crippen molar-refractivity contribution in [3.05, 3.63) is 52.4 Å². The van der Waals surface area contributed by atoms with E-state index >= 15 is 0 Å². The lowest BCUT2D eigenvalue weighted by atomic mass is 10.3. The molecule has 108 valence electrons. The van der Waals surface area contributed by atoms with Gasteiger partial charge in [-0.2, -0.15) is 0 Å². The number of para-hydroxylation sites is 1. The summed E-state index contributed by atoms with van der Waals surface area (Å²) in [6.45, 7) is 1.38. The molecule has 21 heavy (non-hydrogen) atoms. The number of nitrogens with one attached hydrogen (secondary N) is 1. The van der Waals surface area contributed by atoms with Crippen molar-refractivity contribution in [1.82, 2.24) is 14.5 Å². The first-order valence-corrected chi connectivity index (χ1v) is 7.44. The third kappa shape index (κ3) is 3.25. The van der Waals surface area contributed by atoms with Crippen molar-refractivity contribution in [1.29, 1.82) is 0 Å². The highest BCUT2D eigenvalue weighted by molar-refractivity contribution is 7.71. The van der Waals surface area contributed by atoms with E-state index < -0.39 is 0 Å². The van der Waals surface area contributed by atoms with E-state index in [0.29, 0.717) is 16.4 Å². The van der Waals surface area contributed by atoms with Crippen LogP contribution in [-0.2, 0) is 6.54 Å². The number of ether oxygens (including phenoxy) is 1. The molecule has 0 radical (unpaired) electrons. The predicted molar refractivity (Wildman–Crippen MR) is 86.5 cm³/mol. The first-order chi connectivity index (χ1) is 10.2. The number of imidazole rings is 1. The fourth-order valence-corrected chi connectivity index (χ4v) is 2.60. The lowest BCUT2D eigenvalue weighted by molar-refractivity contribution is 0.302. The van der Waals surface area contributed by atoms with Crippen molar-refractivity contribution < 1.29 is 4.74 Å². The van der Waals surface area contributed by atoms with Gasteiger partial charge in [0, 0.05) is 12.7 Å². The minimum atomic E-state index is 0.596. The van der Waals surface area contributed by atoms with E-state index in [-0.39, 0.29) is 0 Å². The van der Waals surface area contributed by atoms with Crippen LogP contribution < -0.4 is 4.74 Å².